The smallest absolute Gasteiger partial charge is 0.160 e. The Kier molecular flexibility index (Phi) is 6.49. The quantitative estimate of drug-likeness (QED) is 0.451. The Bertz CT molecular complexity index is 646. The van der Waals surface area contributed by atoms with Gasteiger partial charge in [0.2, 0.25) is 0 Å². The summed E-state index contributed by atoms with van der Waals surface area (Å²) in [5.74, 6) is 1.37. The van der Waals surface area contributed by atoms with Crippen LogP contribution in [0.15, 0.2) is 17.9 Å². The first-order chi connectivity index (χ1) is 13.6. The second-order valence-electron chi connectivity index (χ2n) is 11.0. The second kappa shape index (κ2) is 8.15. The van der Waals surface area contributed by atoms with E-state index in [1.54, 1.807) is 13.8 Å². The fourth-order valence-corrected chi connectivity index (χ4v) is 7.83. The van der Waals surface area contributed by atoms with Crippen LogP contribution in [0.2, 0.25) is 0 Å². The summed E-state index contributed by atoms with van der Waals surface area (Å²) < 4.78 is 6.37. The molecule has 0 spiro atoms. The van der Waals surface area contributed by atoms with E-state index in [1.165, 1.54) is 31.3 Å². The van der Waals surface area contributed by atoms with E-state index in [0.717, 1.165) is 25.7 Å². The fraction of sp³-hybridized carbons (Fsp3) is 0.885. The Hall–Kier alpha value is -0.600. The largest absolute Gasteiger partial charge is 0.366 e. The van der Waals surface area contributed by atoms with Crippen molar-refractivity contribution in [3.05, 3.63) is 17.9 Å². The molecule has 4 aliphatic carbocycles. The van der Waals surface area contributed by atoms with Gasteiger partial charge in [-0.25, -0.2) is 0 Å². The van der Waals surface area contributed by atoms with Gasteiger partial charge >= 0.3 is 0 Å². The summed E-state index contributed by atoms with van der Waals surface area (Å²) in [6, 6.07) is 0.332. The summed E-state index contributed by atoms with van der Waals surface area (Å²) in [7, 11) is 0. The molecule has 4 rings (SSSR count). The zero-order chi connectivity index (χ0) is 21.6. The molecule has 0 radical (unpaired) electrons. The van der Waals surface area contributed by atoms with Crippen molar-refractivity contribution >= 4 is 0 Å². The van der Waals surface area contributed by atoms with Gasteiger partial charge in [-0.2, -0.15) is 0 Å². The Morgan fingerprint density at radius 3 is 2.41 bits per heavy atom. The molecule has 0 amide bonds. The van der Waals surface area contributed by atoms with Crippen LogP contribution in [0, 0.1) is 34.5 Å². The van der Waals surface area contributed by atoms with Crippen LogP contribution < -0.4 is 5.73 Å². The highest BCUT2D eigenvalue weighted by molar-refractivity contribution is 5.24. The molecule has 0 heterocycles. The predicted octanol–water partition coefficient (Wildman–Crippen LogP) is 5.82. The summed E-state index contributed by atoms with van der Waals surface area (Å²) in [4.78, 5) is 0. The monoisotopic (exact) mass is 403 g/mol. The van der Waals surface area contributed by atoms with Gasteiger partial charge in [0, 0.05) is 6.04 Å². The van der Waals surface area contributed by atoms with Gasteiger partial charge in [-0.3, -0.25) is 0 Å². The van der Waals surface area contributed by atoms with Crippen LogP contribution in [0.25, 0.3) is 0 Å². The zero-order valence-corrected chi connectivity index (χ0v) is 19.8. The summed E-state index contributed by atoms with van der Waals surface area (Å²) >= 11 is 0. The maximum absolute atomic E-state index is 10.5. The normalized spacial score (nSPS) is 46.6. The molecule has 4 fully saturated rings. The Balaban J connectivity index is 0.00000117. The van der Waals surface area contributed by atoms with Gasteiger partial charge < -0.3 is 15.6 Å². The standard InChI is InChI=1S/C24H39NO2.C2H6/c1-6-15-7-8-18-21-19(10-12-23(15,18)4)24(5)11-9-17(25)13-16(24)14-20(21)27-22(2,3)26;1-2/h16-21,26H,1,7-14,25H2,2-5H3;1-2H3. The lowest BCUT2D eigenvalue weighted by atomic mass is 9.44. The van der Waals surface area contributed by atoms with Crippen LogP contribution in [0.1, 0.15) is 92.9 Å². The van der Waals surface area contributed by atoms with Crippen molar-refractivity contribution in [3.63, 3.8) is 0 Å². The Morgan fingerprint density at radius 2 is 1.79 bits per heavy atom. The minimum atomic E-state index is -1.08. The molecule has 0 aromatic rings. The van der Waals surface area contributed by atoms with E-state index < -0.39 is 5.79 Å². The number of ether oxygens (including phenoxy) is 1. The third-order valence-corrected chi connectivity index (χ3v) is 9.14. The molecule has 3 nitrogen and oxygen atoms in total. The number of aliphatic hydroxyl groups is 1. The number of allylic oxidation sites excluding steroid dienone is 1. The van der Waals surface area contributed by atoms with Crippen molar-refractivity contribution < 1.29 is 9.84 Å². The van der Waals surface area contributed by atoms with Gasteiger partial charge in [-0.1, -0.05) is 34.3 Å². The topological polar surface area (TPSA) is 55.5 Å². The third kappa shape index (κ3) is 3.89. The summed E-state index contributed by atoms with van der Waals surface area (Å²) in [6.45, 7) is 16.6. The van der Waals surface area contributed by atoms with Crippen LogP contribution in [0.5, 0.6) is 0 Å². The lowest BCUT2D eigenvalue weighted by Crippen LogP contribution is -2.60. The fourth-order valence-electron chi connectivity index (χ4n) is 7.83. The third-order valence-electron chi connectivity index (χ3n) is 9.14. The first kappa shape index (κ1) is 23.1. The van der Waals surface area contributed by atoms with Gasteiger partial charge in [-0.15, -0.1) is 5.73 Å². The molecular formula is C26H45NO2. The average molecular weight is 404 g/mol. The average Bonchev–Trinajstić information content (AvgIpc) is 3.00. The predicted molar refractivity (Wildman–Crippen MR) is 120 cm³/mol. The number of fused-ring (bicyclic) bond motifs is 5. The molecular weight excluding hydrogens is 358 g/mol. The van der Waals surface area contributed by atoms with Gasteiger partial charge in [0.15, 0.2) is 5.79 Å². The summed E-state index contributed by atoms with van der Waals surface area (Å²) in [6.07, 6.45) is 9.58. The first-order valence-electron chi connectivity index (χ1n) is 12.1. The number of hydrogen-bond donors (Lipinski definition) is 2. The SMILES string of the molecule is C=C=C1CCC2C3C(OC(C)(C)O)CC4CC(N)CCC4(C)C3CCC12C.CC. The Morgan fingerprint density at radius 1 is 1.10 bits per heavy atom. The molecule has 8 atom stereocenters. The van der Waals surface area contributed by atoms with Gasteiger partial charge in [0.25, 0.3) is 0 Å². The molecule has 0 aromatic carbocycles. The van der Waals surface area contributed by atoms with Crippen molar-refractivity contribution in [1.82, 2.24) is 0 Å². The number of rotatable bonds is 2. The molecule has 3 heteroatoms. The zero-order valence-electron chi connectivity index (χ0n) is 19.8. The molecule has 8 unspecified atom stereocenters. The Labute approximate surface area is 179 Å². The molecule has 0 bridgehead atoms. The van der Waals surface area contributed by atoms with Gasteiger partial charge in [0.1, 0.15) is 0 Å². The van der Waals surface area contributed by atoms with Crippen molar-refractivity contribution in [3.8, 4) is 0 Å². The minimum Gasteiger partial charge on any atom is -0.366 e. The van der Waals surface area contributed by atoms with Crippen molar-refractivity contribution in [1.29, 1.82) is 0 Å². The molecule has 0 aromatic heterocycles. The van der Waals surface area contributed by atoms with Gasteiger partial charge in [-0.05, 0) is 105 Å². The molecule has 0 saturated heterocycles. The summed E-state index contributed by atoms with van der Waals surface area (Å²) in [5.41, 5.74) is 11.7. The number of hydrogen-bond acceptors (Lipinski definition) is 3. The van der Waals surface area contributed by atoms with E-state index >= 15 is 0 Å². The van der Waals surface area contributed by atoms with E-state index in [1.807, 2.05) is 13.8 Å². The minimum absolute atomic E-state index is 0.132. The summed E-state index contributed by atoms with van der Waals surface area (Å²) in [5, 5.41) is 10.5. The lowest BCUT2D eigenvalue weighted by Gasteiger charge is -2.62. The highest BCUT2D eigenvalue weighted by atomic mass is 16.6. The van der Waals surface area contributed by atoms with E-state index in [9.17, 15) is 5.11 Å². The van der Waals surface area contributed by atoms with Crippen LogP contribution in [0.3, 0.4) is 0 Å². The molecule has 29 heavy (non-hydrogen) atoms. The highest BCUT2D eigenvalue weighted by Crippen LogP contribution is 2.67. The highest BCUT2D eigenvalue weighted by Gasteiger charge is 2.62. The maximum Gasteiger partial charge on any atom is 0.160 e. The van der Waals surface area contributed by atoms with Crippen molar-refractivity contribution in [2.45, 2.75) is 111 Å². The van der Waals surface area contributed by atoms with E-state index in [4.69, 9.17) is 10.5 Å². The van der Waals surface area contributed by atoms with E-state index in [-0.39, 0.29) is 11.5 Å². The molecule has 3 N–H and O–H groups in total. The first-order valence-corrected chi connectivity index (χ1v) is 12.1. The van der Waals surface area contributed by atoms with E-state index in [0.29, 0.717) is 35.1 Å². The van der Waals surface area contributed by atoms with Crippen LogP contribution in [0.4, 0.5) is 0 Å². The van der Waals surface area contributed by atoms with Gasteiger partial charge in [0.05, 0.1) is 6.10 Å². The van der Waals surface area contributed by atoms with Crippen LogP contribution >= 0.6 is 0 Å². The maximum atomic E-state index is 10.5. The van der Waals surface area contributed by atoms with Crippen LogP contribution in [-0.4, -0.2) is 23.0 Å². The number of nitrogens with two attached hydrogens (primary N) is 1. The molecule has 4 aliphatic rings. The van der Waals surface area contributed by atoms with Crippen molar-refractivity contribution in [2.24, 2.45) is 40.2 Å². The van der Waals surface area contributed by atoms with Crippen molar-refractivity contribution in [2.75, 3.05) is 0 Å². The lowest BCUT2D eigenvalue weighted by molar-refractivity contribution is -0.261. The van der Waals surface area contributed by atoms with E-state index in [2.05, 4.69) is 26.2 Å². The molecule has 166 valence electrons. The molecule has 0 aliphatic heterocycles. The van der Waals surface area contributed by atoms with Crippen LogP contribution in [-0.2, 0) is 4.74 Å². The molecule has 4 saturated carbocycles. The second-order valence-corrected chi connectivity index (χ2v) is 11.0.